The summed E-state index contributed by atoms with van der Waals surface area (Å²) >= 11 is 1.24. The Kier molecular flexibility index (Phi) is 4.90. The van der Waals surface area contributed by atoms with Gasteiger partial charge in [-0.25, -0.2) is 0 Å². The predicted octanol–water partition coefficient (Wildman–Crippen LogP) is 2.28. The molecule has 0 aliphatic carbocycles. The van der Waals surface area contributed by atoms with E-state index in [1.165, 1.54) is 30.6 Å². The maximum atomic E-state index is 11.0. The van der Waals surface area contributed by atoms with E-state index in [0.29, 0.717) is 6.04 Å². The van der Waals surface area contributed by atoms with Crippen molar-refractivity contribution in [2.24, 2.45) is 0 Å². The second-order valence-electron chi connectivity index (χ2n) is 3.44. The largest absolute Gasteiger partial charge is 0.315 e. The van der Waals surface area contributed by atoms with Crippen molar-refractivity contribution in [3.05, 3.63) is 20.7 Å². The Hall–Kier alpha value is -0.610. The van der Waals surface area contributed by atoms with Gasteiger partial charge in [0.25, 0.3) is 0 Å². The third-order valence-corrected chi connectivity index (χ3v) is 3.05. The molecule has 80 valence electrons. The monoisotopic (exact) mass is 214 g/mol. The highest BCUT2D eigenvalue weighted by molar-refractivity contribution is 7.07. The molecule has 2 N–H and O–H groups in total. The van der Waals surface area contributed by atoms with E-state index in [9.17, 15) is 4.79 Å². The van der Waals surface area contributed by atoms with Gasteiger partial charge >= 0.3 is 4.87 Å². The fourth-order valence-electron chi connectivity index (χ4n) is 1.52. The van der Waals surface area contributed by atoms with Gasteiger partial charge in [-0.15, -0.1) is 0 Å². The average Bonchev–Trinajstić information content (AvgIpc) is 2.60. The summed E-state index contributed by atoms with van der Waals surface area (Å²) in [5.41, 5.74) is 1.03. The molecule has 1 aromatic rings. The molecule has 1 unspecified atom stereocenters. The van der Waals surface area contributed by atoms with Crippen molar-refractivity contribution >= 4 is 11.3 Å². The Morgan fingerprint density at radius 2 is 2.36 bits per heavy atom. The normalized spacial score (nSPS) is 13.0. The number of unbranched alkanes of at least 4 members (excludes halogenated alkanes) is 2. The Bertz CT molecular complexity index is 305. The standard InChI is InChI=1S/C10H18N2OS/c1-3-4-5-6-8(11-2)9-7-14-10(13)12-9/h7-8,11H,3-6H2,1-2H3,(H,12,13). The minimum Gasteiger partial charge on any atom is -0.315 e. The van der Waals surface area contributed by atoms with E-state index >= 15 is 0 Å². The summed E-state index contributed by atoms with van der Waals surface area (Å²) in [5.74, 6) is 0. The number of rotatable bonds is 6. The van der Waals surface area contributed by atoms with Gasteiger partial charge in [-0.2, -0.15) is 0 Å². The zero-order valence-corrected chi connectivity index (χ0v) is 9.62. The lowest BCUT2D eigenvalue weighted by atomic mass is 10.1. The highest BCUT2D eigenvalue weighted by Crippen LogP contribution is 2.17. The molecule has 14 heavy (non-hydrogen) atoms. The van der Waals surface area contributed by atoms with Crippen molar-refractivity contribution in [1.82, 2.24) is 10.3 Å². The van der Waals surface area contributed by atoms with Crippen LogP contribution in [0.15, 0.2) is 10.2 Å². The second kappa shape index (κ2) is 5.98. The predicted molar refractivity (Wildman–Crippen MR) is 60.9 cm³/mol. The van der Waals surface area contributed by atoms with Crippen molar-refractivity contribution in [3.63, 3.8) is 0 Å². The number of aromatic nitrogens is 1. The van der Waals surface area contributed by atoms with Gasteiger partial charge in [-0.3, -0.25) is 4.79 Å². The molecule has 3 nitrogen and oxygen atoms in total. The molecule has 1 rings (SSSR count). The molecule has 0 saturated heterocycles. The first kappa shape index (κ1) is 11.5. The van der Waals surface area contributed by atoms with Crippen LogP contribution in [-0.2, 0) is 0 Å². The summed E-state index contributed by atoms with van der Waals surface area (Å²) in [6.07, 6.45) is 4.79. The van der Waals surface area contributed by atoms with E-state index in [1.54, 1.807) is 0 Å². The quantitative estimate of drug-likeness (QED) is 0.714. The fourth-order valence-corrected chi connectivity index (χ4v) is 2.15. The molecule has 1 heterocycles. The van der Waals surface area contributed by atoms with Crippen LogP contribution in [-0.4, -0.2) is 12.0 Å². The Morgan fingerprint density at radius 3 is 2.86 bits per heavy atom. The van der Waals surface area contributed by atoms with Crippen LogP contribution in [0.2, 0.25) is 0 Å². The van der Waals surface area contributed by atoms with Crippen LogP contribution in [0, 0.1) is 0 Å². The first-order valence-electron chi connectivity index (χ1n) is 5.13. The molecule has 0 aromatic carbocycles. The van der Waals surface area contributed by atoms with Crippen LogP contribution in [0.25, 0.3) is 0 Å². The fraction of sp³-hybridized carbons (Fsp3) is 0.700. The third kappa shape index (κ3) is 3.27. The Morgan fingerprint density at radius 1 is 1.57 bits per heavy atom. The topological polar surface area (TPSA) is 44.9 Å². The van der Waals surface area contributed by atoms with Gasteiger partial charge in [-0.05, 0) is 13.5 Å². The maximum Gasteiger partial charge on any atom is 0.304 e. The first-order valence-corrected chi connectivity index (χ1v) is 6.00. The molecular formula is C10H18N2OS. The second-order valence-corrected chi connectivity index (χ2v) is 4.28. The number of aromatic amines is 1. The van der Waals surface area contributed by atoms with Gasteiger partial charge in [0, 0.05) is 17.1 Å². The zero-order valence-electron chi connectivity index (χ0n) is 8.80. The summed E-state index contributed by atoms with van der Waals surface area (Å²) in [6, 6.07) is 0.306. The smallest absolute Gasteiger partial charge is 0.304 e. The number of nitrogens with one attached hydrogen (secondary N) is 2. The van der Waals surface area contributed by atoms with Gasteiger partial charge in [0.15, 0.2) is 0 Å². The van der Waals surface area contributed by atoms with Crippen molar-refractivity contribution < 1.29 is 0 Å². The molecule has 0 aliphatic heterocycles. The van der Waals surface area contributed by atoms with Crippen LogP contribution in [0.1, 0.15) is 44.3 Å². The van der Waals surface area contributed by atoms with Gasteiger partial charge in [0.2, 0.25) is 0 Å². The van der Waals surface area contributed by atoms with Crippen LogP contribution in [0.4, 0.5) is 0 Å². The highest BCUT2D eigenvalue weighted by atomic mass is 32.1. The molecule has 0 amide bonds. The summed E-state index contributed by atoms with van der Waals surface area (Å²) in [6.45, 7) is 2.20. The minimum absolute atomic E-state index is 0.0377. The zero-order chi connectivity index (χ0) is 10.4. The van der Waals surface area contributed by atoms with Crippen LogP contribution >= 0.6 is 11.3 Å². The van der Waals surface area contributed by atoms with Crippen molar-refractivity contribution in [2.45, 2.75) is 38.6 Å². The lowest BCUT2D eigenvalue weighted by Crippen LogP contribution is -2.17. The average molecular weight is 214 g/mol. The molecule has 0 radical (unpaired) electrons. The number of thiazole rings is 1. The third-order valence-electron chi connectivity index (χ3n) is 2.36. The first-order chi connectivity index (χ1) is 6.77. The summed E-state index contributed by atoms with van der Waals surface area (Å²) < 4.78 is 0. The Labute approximate surface area is 88.6 Å². The van der Waals surface area contributed by atoms with Gasteiger partial charge in [-0.1, -0.05) is 37.5 Å². The molecular weight excluding hydrogens is 196 g/mol. The van der Waals surface area contributed by atoms with E-state index in [0.717, 1.165) is 12.1 Å². The van der Waals surface area contributed by atoms with E-state index in [4.69, 9.17) is 0 Å². The lowest BCUT2D eigenvalue weighted by Gasteiger charge is -2.13. The number of H-pyrrole nitrogens is 1. The van der Waals surface area contributed by atoms with E-state index in [1.807, 2.05) is 12.4 Å². The van der Waals surface area contributed by atoms with E-state index in [-0.39, 0.29) is 4.87 Å². The maximum absolute atomic E-state index is 11.0. The molecule has 0 bridgehead atoms. The number of hydrogen-bond acceptors (Lipinski definition) is 3. The van der Waals surface area contributed by atoms with Crippen LogP contribution in [0.3, 0.4) is 0 Å². The molecule has 0 spiro atoms. The van der Waals surface area contributed by atoms with Gasteiger partial charge in [0.05, 0.1) is 0 Å². The van der Waals surface area contributed by atoms with E-state index in [2.05, 4.69) is 17.2 Å². The summed E-state index contributed by atoms with van der Waals surface area (Å²) in [4.78, 5) is 13.9. The van der Waals surface area contributed by atoms with Crippen molar-refractivity contribution in [1.29, 1.82) is 0 Å². The van der Waals surface area contributed by atoms with Crippen LogP contribution < -0.4 is 10.2 Å². The van der Waals surface area contributed by atoms with Gasteiger partial charge < -0.3 is 10.3 Å². The Balaban J connectivity index is 2.49. The SMILES string of the molecule is CCCCCC(NC)c1csc(=O)[nH]1. The van der Waals surface area contributed by atoms with Gasteiger partial charge in [0.1, 0.15) is 0 Å². The molecule has 0 aliphatic rings. The molecule has 0 saturated carbocycles. The molecule has 1 atom stereocenters. The summed E-state index contributed by atoms with van der Waals surface area (Å²) in [5, 5.41) is 5.14. The highest BCUT2D eigenvalue weighted by Gasteiger charge is 2.10. The van der Waals surface area contributed by atoms with Crippen molar-refractivity contribution in [3.8, 4) is 0 Å². The lowest BCUT2D eigenvalue weighted by molar-refractivity contribution is 0.503. The molecule has 4 heteroatoms. The molecule has 0 fully saturated rings. The van der Waals surface area contributed by atoms with Crippen LogP contribution in [0.5, 0.6) is 0 Å². The molecule has 1 aromatic heterocycles. The minimum atomic E-state index is 0.0377. The van der Waals surface area contributed by atoms with E-state index < -0.39 is 0 Å². The summed E-state index contributed by atoms with van der Waals surface area (Å²) in [7, 11) is 1.94. The number of hydrogen-bond donors (Lipinski definition) is 2. The van der Waals surface area contributed by atoms with Crippen molar-refractivity contribution in [2.75, 3.05) is 7.05 Å².